The fourth-order valence-electron chi connectivity index (χ4n) is 4.17. The van der Waals surface area contributed by atoms with Crippen molar-refractivity contribution in [3.63, 3.8) is 0 Å². The largest absolute Gasteiger partial charge is 0.480 e. The number of hydrogen-bond acceptors (Lipinski definition) is 5. The summed E-state index contributed by atoms with van der Waals surface area (Å²) < 4.78 is 0. The zero-order chi connectivity index (χ0) is 15.4. The van der Waals surface area contributed by atoms with E-state index in [1.54, 1.807) is 0 Å². The highest BCUT2D eigenvalue weighted by Gasteiger charge is 2.61. The van der Waals surface area contributed by atoms with Gasteiger partial charge in [0.15, 0.2) is 0 Å². The van der Waals surface area contributed by atoms with Crippen LogP contribution >= 0.6 is 0 Å². The number of imide groups is 1. The monoisotopic (exact) mass is 301 g/mol. The van der Waals surface area contributed by atoms with E-state index in [0.29, 0.717) is 12.3 Å². The van der Waals surface area contributed by atoms with Gasteiger partial charge in [0.25, 0.3) is 0 Å². The average molecular weight is 301 g/mol. The third kappa shape index (κ3) is 1.71. The predicted molar refractivity (Wildman–Crippen MR) is 76.4 cm³/mol. The predicted octanol–water partition coefficient (Wildman–Crippen LogP) is 0.120. The van der Waals surface area contributed by atoms with Crippen LogP contribution in [0.2, 0.25) is 0 Å². The Labute approximate surface area is 126 Å². The second kappa shape index (κ2) is 4.59. The SMILES string of the molecule is O=C(O)[C@H](CC1=NC=NC1)N1C(=O)[C@@H]2[C@@H](C1=O)[C@H]1C=C[C@H]2C1. The van der Waals surface area contributed by atoms with Crippen molar-refractivity contribution in [3.8, 4) is 0 Å². The Balaban J connectivity index is 1.62. The van der Waals surface area contributed by atoms with Gasteiger partial charge in [-0.3, -0.25) is 19.5 Å². The molecule has 1 N–H and O–H groups in total. The molecule has 0 aromatic rings. The van der Waals surface area contributed by atoms with Gasteiger partial charge >= 0.3 is 5.97 Å². The zero-order valence-electron chi connectivity index (χ0n) is 11.8. The Bertz CT molecular complexity index is 636. The van der Waals surface area contributed by atoms with Crippen LogP contribution in [-0.2, 0) is 14.4 Å². The van der Waals surface area contributed by atoms with E-state index < -0.39 is 12.0 Å². The molecule has 2 amide bonds. The van der Waals surface area contributed by atoms with E-state index >= 15 is 0 Å². The van der Waals surface area contributed by atoms with Gasteiger partial charge in [-0.15, -0.1) is 0 Å². The molecular weight excluding hydrogens is 286 g/mol. The smallest absolute Gasteiger partial charge is 0.327 e. The molecular formula is C15H15N3O4. The van der Waals surface area contributed by atoms with E-state index in [4.69, 9.17) is 0 Å². The van der Waals surface area contributed by atoms with Crippen molar-refractivity contribution in [1.29, 1.82) is 0 Å². The Kier molecular flexibility index (Phi) is 2.79. The molecule has 0 spiro atoms. The second-order valence-electron chi connectivity index (χ2n) is 6.26. The summed E-state index contributed by atoms with van der Waals surface area (Å²) in [6, 6.07) is -1.18. The first-order valence-electron chi connectivity index (χ1n) is 7.40. The lowest BCUT2D eigenvalue weighted by Crippen LogP contribution is -2.47. The number of carbonyl (C=O) groups excluding carboxylic acids is 2. The number of aliphatic imine (C=N–C) groups is 2. The van der Waals surface area contributed by atoms with Gasteiger partial charge < -0.3 is 5.11 Å². The van der Waals surface area contributed by atoms with Gasteiger partial charge in [0.1, 0.15) is 12.4 Å². The first-order chi connectivity index (χ1) is 10.6. The Morgan fingerprint density at radius 3 is 2.41 bits per heavy atom. The van der Waals surface area contributed by atoms with E-state index in [0.717, 1.165) is 11.3 Å². The summed E-state index contributed by atoms with van der Waals surface area (Å²) >= 11 is 0. The summed E-state index contributed by atoms with van der Waals surface area (Å²) in [6.07, 6.45) is 6.24. The number of allylic oxidation sites excluding steroid dienone is 2. The molecule has 0 aromatic carbocycles. The first kappa shape index (κ1) is 13.4. The molecule has 7 heteroatoms. The van der Waals surface area contributed by atoms with Crippen molar-refractivity contribution in [3.05, 3.63) is 12.2 Å². The molecule has 1 saturated heterocycles. The van der Waals surface area contributed by atoms with Crippen LogP contribution in [0.15, 0.2) is 22.1 Å². The maximum atomic E-state index is 12.6. The molecule has 4 aliphatic rings. The number of likely N-dealkylation sites (tertiary alicyclic amines) is 1. The standard InChI is InChI=1S/C15H15N3O4/c19-13-11-7-1-2-8(3-7)12(11)14(20)18(13)10(15(21)22)4-9-5-16-6-17-9/h1-2,6-8,10-12H,3-5H2,(H,21,22)/t7-,8-,10-,11-,12-/m0/s1. The highest BCUT2D eigenvalue weighted by molar-refractivity contribution is 6.10. The number of carboxylic acid groups (broad SMARTS) is 1. The summed E-state index contributed by atoms with van der Waals surface area (Å²) in [4.78, 5) is 45.8. The molecule has 1 saturated carbocycles. The van der Waals surface area contributed by atoms with Gasteiger partial charge in [-0.25, -0.2) is 9.79 Å². The number of nitrogens with zero attached hydrogens (tertiary/aromatic N) is 3. The van der Waals surface area contributed by atoms with Gasteiger partial charge in [-0.05, 0) is 18.3 Å². The minimum atomic E-state index is -1.18. The van der Waals surface area contributed by atoms with Crippen LogP contribution < -0.4 is 0 Å². The number of aliphatic carboxylic acids is 1. The Morgan fingerprint density at radius 1 is 1.27 bits per heavy atom. The van der Waals surface area contributed by atoms with Crippen LogP contribution in [0.25, 0.3) is 0 Å². The number of carbonyl (C=O) groups is 3. The lowest BCUT2D eigenvalue weighted by molar-refractivity contribution is -0.155. The number of hydrogen-bond donors (Lipinski definition) is 1. The van der Waals surface area contributed by atoms with Crippen molar-refractivity contribution >= 4 is 29.8 Å². The maximum absolute atomic E-state index is 12.6. The zero-order valence-corrected chi connectivity index (χ0v) is 11.8. The van der Waals surface area contributed by atoms with Crippen molar-refractivity contribution in [2.24, 2.45) is 33.7 Å². The van der Waals surface area contributed by atoms with Crippen molar-refractivity contribution in [2.45, 2.75) is 18.9 Å². The van der Waals surface area contributed by atoms with Gasteiger partial charge in [0.2, 0.25) is 11.8 Å². The van der Waals surface area contributed by atoms with Crippen LogP contribution in [0.3, 0.4) is 0 Å². The van der Waals surface area contributed by atoms with Gasteiger partial charge in [-0.1, -0.05) is 12.2 Å². The third-order valence-electron chi connectivity index (χ3n) is 5.13. The van der Waals surface area contributed by atoms with Crippen LogP contribution in [-0.4, -0.2) is 52.4 Å². The summed E-state index contributed by atoms with van der Waals surface area (Å²) in [7, 11) is 0. The minimum Gasteiger partial charge on any atom is -0.480 e. The van der Waals surface area contributed by atoms with Crippen LogP contribution in [0.4, 0.5) is 0 Å². The summed E-state index contributed by atoms with van der Waals surface area (Å²) in [5.41, 5.74) is 0.589. The molecule has 0 aromatic heterocycles. The molecule has 2 aliphatic heterocycles. The molecule has 4 rings (SSSR count). The fourth-order valence-corrected chi connectivity index (χ4v) is 4.17. The summed E-state index contributed by atoms with van der Waals surface area (Å²) in [6.45, 7) is 0.333. The first-order valence-corrected chi connectivity index (χ1v) is 7.40. The highest BCUT2D eigenvalue weighted by Crippen LogP contribution is 2.52. The van der Waals surface area contributed by atoms with Crippen LogP contribution in [0.5, 0.6) is 0 Å². The number of carboxylic acids is 1. The molecule has 2 aliphatic carbocycles. The molecule has 2 bridgehead atoms. The topological polar surface area (TPSA) is 99.4 Å². The quantitative estimate of drug-likeness (QED) is 0.589. The maximum Gasteiger partial charge on any atom is 0.327 e. The van der Waals surface area contributed by atoms with E-state index in [-0.39, 0.29) is 41.9 Å². The second-order valence-corrected chi connectivity index (χ2v) is 6.26. The molecule has 0 radical (unpaired) electrons. The van der Waals surface area contributed by atoms with Crippen LogP contribution in [0.1, 0.15) is 12.8 Å². The molecule has 2 heterocycles. The number of rotatable bonds is 4. The normalized spacial score (nSPS) is 36.2. The Morgan fingerprint density at radius 2 is 1.91 bits per heavy atom. The van der Waals surface area contributed by atoms with Crippen molar-refractivity contribution in [2.75, 3.05) is 6.54 Å². The highest BCUT2D eigenvalue weighted by atomic mass is 16.4. The van der Waals surface area contributed by atoms with Gasteiger partial charge in [0, 0.05) is 12.1 Å². The lowest BCUT2D eigenvalue weighted by Gasteiger charge is -2.24. The van der Waals surface area contributed by atoms with E-state index in [1.807, 2.05) is 12.2 Å². The lowest BCUT2D eigenvalue weighted by atomic mass is 9.85. The Hall–Kier alpha value is -2.31. The van der Waals surface area contributed by atoms with E-state index in [2.05, 4.69) is 9.98 Å². The number of fused-ring (bicyclic) bond motifs is 5. The minimum absolute atomic E-state index is 0.0506. The average Bonchev–Trinajstić information content (AvgIpc) is 3.23. The van der Waals surface area contributed by atoms with Crippen molar-refractivity contribution < 1.29 is 19.5 Å². The molecule has 7 nitrogen and oxygen atoms in total. The third-order valence-corrected chi connectivity index (χ3v) is 5.13. The molecule has 0 unspecified atom stereocenters. The number of amides is 2. The van der Waals surface area contributed by atoms with Crippen molar-refractivity contribution in [1.82, 2.24) is 4.90 Å². The van der Waals surface area contributed by atoms with E-state index in [9.17, 15) is 19.5 Å². The van der Waals surface area contributed by atoms with E-state index in [1.165, 1.54) is 6.34 Å². The summed E-state index contributed by atoms with van der Waals surface area (Å²) in [5, 5.41) is 9.48. The van der Waals surface area contributed by atoms with Gasteiger partial charge in [-0.2, -0.15) is 0 Å². The molecule has 22 heavy (non-hydrogen) atoms. The molecule has 5 atom stereocenters. The molecule has 2 fully saturated rings. The van der Waals surface area contributed by atoms with Crippen LogP contribution in [0, 0.1) is 23.7 Å². The molecule has 114 valence electrons. The summed E-state index contributed by atoms with van der Waals surface area (Å²) in [5.74, 6) is -2.41. The fraction of sp³-hybridized carbons (Fsp3) is 0.533. The van der Waals surface area contributed by atoms with Gasteiger partial charge in [0.05, 0.1) is 18.4 Å².